The monoisotopic (exact) mass is 214 g/mol. The fourth-order valence-corrected chi connectivity index (χ4v) is 2.21. The molecular weight excluding hydrogens is 188 g/mol. The molecule has 0 bridgehead atoms. The van der Waals surface area contributed by atoms with Crippen molar-refractivity contribution in [1.29, 1.82) is 0 Å². The van der Waals surface area contributed by atoms with Crippen LogP contribution in [0.2, 0.25) is 0 Å². The maximum Gasteiger partial charge on any atom is 0.0715 e. The topological polar surface area (TPSA) is 35.5 Å². The van der Waals surface area contributed by atoms with Gasteiger partial charge < -0.3 is 15.3 Å². The second kappa shape index (κ2) is 5.83. The Kier molecular flexibility index (Phi) is 5.03. The van der Waals surface area contributed by atoms with Gasteiger partial charge in [-0.25, -0.2) is 0 Å². The second-order valence-corrected chi connectivity index (χ2v) is 5.55. The lowest BCUT2D eigenvalue weighted by Gasteiger charge is -2.30. The lowest BCUT2D eigenvalue weighted by Crippen LogP contribution is -2.37. The number of piperidine rings is 1. The molecule has 1 fully saturated rings. The standard InChI is InChI=1S/C12H26N2O/c1-12(2,15)10-13-7-6-11-5-4-8-14(3)9-11/h11,13,15H,4-10H2,1-3H3. The normalized spacial score (nSPS) is 24.4. The second-order valence-electron chi connectivity index (χ2n) is 5.55. The van der Waals surface area contributed by atoms with Gasteiger partial charge in [0.05, 0.1) is 5.60 Å². The minimum atomic E-state index is -0.580. The van der Waals surface area contributed by atoms with E-state index in [4.69, 9.17) is 0 Å². The summed E-state index contributed by atoms with van der Waals surface area (Å²) in [7, 11) is 2.20. The third-order valence-electron chi connectivity index (χ3n) is 3.01. The van der Waals surface area contributed by atoms with Crippen molar-refractivity contribution in [3.63, 3.8) is 0 Å². The van der Waals surface area contributed by atoms with Crippen molar-refractivity contribution in [2.75, 3.05) is 33.2 Å². The predicted molar refractivity (Wildman–Crippen MR) is 64.0 cm³/mol. The highest BCUT2D eigenvalue weighted by Crippen LogP contribution is 2.17. The van der Waals surface area contributed by atoms with Crippen molar-refractivity contribution in [3.8, 4) is 0 Å². The van der Waals surface area contributed by atoms with Crippen molar-refractivity contribution in [2.24, 2.45) is 5.92 Å². The van der Waals surface area contributed by atoms with Crippen molar-refractivity contribution in [1.82, 2.24) is 10.2 Å². The van der Waals surface area contributed by atoms with E-state index in [9.17, 15) is 5.11 Å². The van der Waals surface area contributed by atoms with Crippen LogP contribution in [-0.4, -0.2) is 48.8 Å². The number of hydrogen-bond acceptors (Lipinski definition) is 3. The van der Waals surface area contributed by atoms with E-state index in [0.29, 0.717) is 6.54 Å². The molecule has 2 N–H and O–H groups in total. The molecule has 1 atom stereocenters. The molecule has 1 aliphatic rings. The van der Waals surface area contributed by atoms with Crippen molar-refractivity contribution < 1.29 is 5.11 Å². The first-order valence-corrected chi connectivity index (χ1v) is 6.09. The van der Waals surface area contributed by atoms with Gasteiger partial charge in [-0.1, -0.05) is 0 Å². The van der Waals surface area contributed by atoms with Gasteiger partial charge in [0.25, 0.3) is 0 Å². The highest BCUT2D eigenvalue weighted by atomic mass is 16.3. The Bertz CT molecular complexity index is 177. The van der Waals surface area contributed by atoms with Crippen molar-refractivity contribution in [2.45, 2.75) is 38.7 Å². The van der Waals surface area contributed by atoms with Crippen LogP contribution in [0.15, 0.2) is 0 Å². The Morgan fingerprint density at radius 1 is 1.47 bits per heavy atom. The minimum absolute atomic E-state index is 0.580. The third kappa shape index (κ3) is 6.13. The number of nitrogens with zero attached hydrogens (tertiary/aromatic N) is 1. The van der Waals surface area contributed by atoms with Gasteiger partial charge in [0.1, 0.15) is 0 Å². The van der Waals surface area contributed by atoms with Gasteiger partial charge in [-0.3, -0.25) is 0 Å². The summed E-state index contributed by atoms with van der Waals surface area (Å²) in [5, 5.41) is 12.8. The molecular formula is C12H26N2O. The van der Waals surface area contributed by atoms with E-state index in [2.05, 4.69) is 17.3 Å². The fourth-order valence-electron chi connectivity index (χ4n) is 2.21. The molecule has 0 aromatic rings. The van der Waals surface area contributed by atoms with E-state index >= 15 is 0 Å². The zero-order valence-corrected chi connectivity index (χ0v) is 10.4. The van der Waals surface area contributed by atoms with Crippen LogP contribution in [0.1, 0.15) is 33.1 Å². The van der Waals surface area contributed by atoms with Gasteiger partial charge in [-0.05, 0) is 59.2 Å². The van der Waals surface area contributed by atoms with E-state index in [0.717, 1.165) is 12.5 Å². The van der Waals surface area contributed by atoms with Gasteiger partial charge in [0.15, 0.2) is 0 Å². The summed E-state index contributed by atoms with van der Waals surface area (Å²) < 4.78 is 0. The summed E-state index contributed by atoms with van der Waals surface area (Å²) in [4.78, 5) is 2.42. The first-order chi connectivity index (χ1) is 6.97. The molecule has 0 aliphatic carbocycles. The molecule has 3 heteroatoms. The lowest BCUT2D eigenvalue weighted by atomic mass is 9.95. The zero-order chi connectivity index (χ0) is 11.3. The minimum Gasteiger partial charge on any atom is -0.389 e. The highest BCUT2D eigenvalue weighted by molar-refractivity contribution is 4.73. The van der Waals surface area contributed by atoms with Gasteiger partial charge in [-0.15, -0.1) is 0 Å². The molecule has 15 heavy (non-hydrogen) atoms. The molecule has 0 amide bonds. The van der Waals surface area contributed by atoms with Crippen LogP contribution < -0.4 is 5.32 Å². The molecule has 1 unspecified atom stereocenters. The lowest BCUT2D eigenvalue weighted by molar-refractivity contribution is 0.0790. The molecule has 1 rings (SSSR count). The molecule has 90 valence electrons. The Morgan fingerprint density at radius 2 is 2.20 bits per heavy atom. The molecule has 0 saturated carbocycles. The van der Waals surface area contributed by atoms with Gasteiger partial charge in [0, 0.05) is 13.1 Å². The van der Waals surface area contributed by atoms with E-state index < -0.39 is 5.60 Å². The summed E-state index contributed by atoms with van der Waals surface area (Å²) in [6.45, 7) is 7.90. The molecule has 0 aromatic carbocycles. The highest BCUT2D eigenvalue weighted by Gasteiger charge is 2.17. The van der Waals surface area contributed by atoms with E-state index in [1.807, 2.05) is 13.8 Å². The van der Waals surface area contributed by atoms with Crippen LogP contribution in [0.4, 0.5) is 0 Å². The largest absolute Gasteiger partial charge is 0.389 e. The summed E-state index contributed by atoms with van der Waals surface area (Å²) >= 11 is 0. The third-order valence-corrected chi connectivity index (χ3v) is 3.01. The van der Waals surface area contributed by atoms with Gasteiger partial charge >= 0.3 is 0 Å². The molecule has 0 spiro atoms. The Morgan fingerprint density at radius 3 is 2.80 bits per heavy atom. The van der Waals surface area contributed by atoms with E-state index in [1.54, 1.807) is 0 Å². The van der Waals surface area contributed by atoms with Gasteiger partial charge in [0.2, 0.25) is 0 Å². The SMILES string of the molecule is CN1CCCC(CCNCC(C)(C)O)C1. The fraction of sp³-hybridized carbons (Fsp3) is 1.00. The van der Waals surface area contributed by atoms with Crippen LogP contribution in [0.5, 0.6) is 0 Å². The Hall–Kier alpha value is -0.120. The molecule has 1 heterocycles. The average Bonchev–Trinajstić information content (AvgIpc) is 2.11. The molecule has 0 aromatic heterocycles. The Balaban J connectivity index is 2.04. The van der Waals surface area contributed by atoms with Crippen molar-refractivity contribution in [3.05, 3.63) is 0 Å². The summed E-state index contributed by atoms with van der Waals surface area (Å²) in [6, 6.07) is 0. The number of rotatable bonds is 5. The van der Waals surface area contributed by atoms with Crippen LogP contribution in [0, 0.1) is 5.92 Å². The smallest absolute Gasteiger partial charge is 0.0715 e. The molecule has 1 saturated heterocycles. The summed E-state index contributed by atoms with van der Waals surface area (Å²) in [5.41, 5.74) is -0.580. The maximum absolute atomic E-state index is 9.53. The van der Waals surface area contributed by atoms with Crippen LogP contribution in [0.25, 0.3) is 0 Å². The van der Waals surface area contributed by atoms with Gasteiger partial charge in [-0.2, -0.15) is 0 Å². The maximum atomic E-state index is 9.53. The van der Waals surface area contributed by atoms with Crippen LogP contribution in [0.3, 0.4) is 0 Å². The number of hydrogen-bond donors (Lipinski definition) is 2. The van der Waals surface area contributed by atoms with E-state index in [1.165, 1.54) is 32.4 Å². The first-order valence-electron chi connectivity index (χ1n) is 6.09. The van der Waals surface area contributed by atoms with Crippen LogP contribution in [-0.2, 0) is 0 Å². The number of aliphatic hydroxyl groups is 1. The Labute approximate surface area is 93.9 Å². The molecule has 3 nitrogen and oxygen atoms in total. The van der Waals surface area contributed by atoms with Crippen LogP contribution >= 0.6 is 0 Å². The quantitative estimate of drug-likeness (QED) is 0.672. The average molecular weight is 214 g/mol. The number of nitrogens with one attached hydrogen (secondary N) is 1. The zero-order valence-electron chi connectivity index (χ0n) is 10.4. The first kappa shape index (κ1) is 12.9. The number of likely N-dealkylation sites (tertiary alicyclic amines) is 1. The predicted octanol–water partition coefficient (Wildman–Crippen LogP) is 1.08. The van der Waals surface area contributed by atoms with Crippen molar-refractivity contribution >= 4 is 0 Å². The molecule has 1 aliphatic heterocycles. The molecule has 0 radical (unpaired) electrons. The summed E-state index contributed by atoms with van der Waals surface area (Å²) in [6.07, 6.45) is 3.95. The van der Waals surface area contributed by atoms with E-state index in [-0.39, 0.29) is 0 Å². The summed E-state index contributed by atoms with van der Waals surface area (Å²) in [5.74, 6) is 0.845.